The molecule has 1 aliphatic rings. The minimum Gasteiger partial charge on any atom is -0.368 e. The number of rotatable bonds is 1. The van der Waals surface area contributed by atoms with Gasteiger partial charge in [-0.2, -0.15) is 0 Å². The number of likely N-dealkylation sites (N-methyl/N-ethyl adjacent to an activating group) is 1. The molecule has 0 saturated carbocycles. The minimum atomic E-state index is 0.409. The molecule has 14 heavy (non-hydrogen) atoms. The van der Waals surface area contributed by atoms with E-state index >= 15 is 0 Å². The van der Waals surface area contributed by atoms with Crippen LogP contribution >= 0.6 is 0 Å². The van der Waals surface area contributed by atoms with E-state index in [1.54, 1.807) is 0 Å². The normalized spacial score (nSPS) is 16.7. The molecule has 0 saturated heterocycles. The van der Waals surface area contributed by atoms with E-state index < -0.39 is 0 Å². The Hall–Kier alpha value is -1.16. The predicted octanol–water partition coefficient (Wildman–Crippen LogP) is 0.745. The molecular weight excluding hydrogens is 176 g/mol. The fourth-order valence-corrected chi connectivity index (χ4v) is 1.93. The number of aryl methyl sites for hydroxylation is 1. The number of nitrogens with two attached hydrogens (primary N) is 1. The van der Waals surface area contributed by atoms with Crippen molar-refractivity contribution >= 4 is 5.95 Å². The Morgan fingerprint density at radius 3 is 2.93 bits per heavy atom. The van der Waals surface area contributed by atoms with E-state index in [1.165, 1.54) is 5.56 Å². The number of nitrogens with zero attached hydrogens (tertiary/aromatic N) is 3. The zero-order valence-electron chi connectivity index (χ0n) is 8.75. The molecular formula is C10H16N4. The zero-order valence-corrected chi connectivity index (χ0v) is 8.75. The van der Waals surface area contributed by atoms with Crippen LogP contribution in [-0.4, -0.2) is 28.0 Å². The van der Waals surface area contributed by atoms with Gasteiger partial charge in [0.1, 0.15) is 0 Å². The van der Waals surface area contributed by atoms with Crippen molar-refractivity contribution in [3.63, 3.8) is 0 Å². The van der Waals surface area contributed by atoms with Crippen LogP contribution in [0.4, 0.5) is 5.95 Å². The minimum absolute atomic E-state index is 0.409. The summed E-state index contributed by atoms with van der Waals surface area (Å²) in [6.07, 6.45) is 0.997. The Kier molecular flexibility index (Phi) is 2.37. The highest BCUT2D eigenvalue weighted by molar-refractivity contribution is 5.32. The van der Waals surface area contributed by atoms with Crippen molar-refractivity contribution in [1.29, 1.82) is 0 Å². The molecule has 0 aromatic carbocycles. The van der Waals surface area contributed by atoms with Crippen LogP contribution in [0.1, 0.15) is 23.9 Å². The van der Waals surface area contributed by atoms with E-state index in [0.717, 1.165) is 37.4 Å². The molecule has 0 atom stereocenters. The van der Waals surface area contributed by atoms with Gasteiger partial charge in [0, 0.05) is 30.8 Å². The molecule has 76 valence electrons. The highest BCUT2D eigenvalue weighted by Crippen LogP contribution is 2.19. The average molecular weight is 192 g/mol. The molecule has 1 aliphatic heterocycles. The van der Waals surface area contributed by atoms with Crippen LogP contribution in [0.3, 0.4) is 0 Å². The number of fused-ring (bicyclic) bond motifs is 1. The molecule has 2 heterocycles. The van der Waals surface area contributed by atoms with Crippen molar-refractivity contribution in [2.45, 2.75) is 26.8 Å². The van der Waals surface area contributed by atoms with Gasteiger partial charge in [-0.05, 0) is 13.5 Å². The van der Waals surface area contributed by atoms with Gasteiger partial charge in [0.15, 0.2) is 0 Å². The topological polar surface area (TPSA) is 55.0 Å². The Labute approximate surface area is 84.2 Å². The first-order valence-corrected chi connectivity index (χ1v) is 5.05. The fourth-order valence-electron chi connectivity index (χ4n) is 1.93. The Bertz CT molecular complexity index is 348. The lowest BCUT2D eigenvalue weighted by Crippen LogP contribution is -2.31. The lowest BCUT2D eigenvalue weighted by atomic mass is 10.0. The van der Waals surface area contributed by atoms with Gasteiger partial charge in [-0.15, -0.1) is 0 Å². The van der Waals surface area contributed by atoms with Crippen LogP contribution in [0.25, 0.3) is 0 Å². The maximum absolute atomic E-state index is 5.61. The summed E-state index contributed by atoms with van der Waals surface area (Å²) in [4.78, 5) is 10.9. The number of anilines is 1. The number of nitrogen functional groups attached to an aromatic ring is 1. The average Bonchev–Trinajstić information content (AvgIpc) is 2.17. The molecule has 0 radical (unpaired) electrons. The molecule has 0 aliphatic carbocycles. The molecule has 4 nitrogen and oxygen atoms in total. The van der Waals surface area contributed by atoms with Gasteiger partial charge >= 0.3 is 0 Å². The largest absolute Gasteiger partial charge is 0.368 e. The summed E-state index contributed by atoms with van der Waals surface area (Å²) in [6.45, 7) is 7.33. The van der Waals surface area contributed by atoms with E-state index in [9.17, 15) is 0 Å². The van der Waals surface area contributed by atoms with Gasteiger partial charge in [-0.25, -0.2) is 9.97 Å². The molecule has 4 heteroatoms. The Morgan fingerprint density at radius 2 is 2.21 bits per heavy atom. The molecule has 2 rings (SSSR count). The van der Waals surface area contributed by atoms with E-state index in [4.69, 9.17) is 5.73 Å². The highest BCUT2D eigenvalue weighted by atomic mass is 15.1. The van der Waals surface area contributed by atoms with Crippen molar-refractivity contribution in [2.24, 2.45) is 0 Å². The second-order valence-corrected chi connectivity index (χ2v) is 3.71. The van der Waals surface area contributed by atoms with Crippen molar-refractivity contribution in [2.75, 3.05) is 18.8 Å². The van der Waals surface area contributed by atoms with E-state index in [0.29, 0.717) is 5.95 Å². The van der Waals surface area contributed by atoms with Crippen LogP contribution in [0.5, 0.6) is 0 Å². The van der Waals surface area contributed by atoms with E-state index in [2.05, 4.69) is 21.8 Å². The monoisotopic (exact) mass is 192 g/mol. The number of aromatic nitrogens is 2. The number of hydrogen-bond acceptors (Lipinski definition) is 4. The highest BCUT2D eigenvalue weighted by Gasteiger charge is 2.18. The Morgan fingerprint density at radius 1 is 1.43 bits per heavy atom. The van der Waals surface area contributed by atoms with Crippen LogP contribution in [0.15, 0.2) is 0 Å². The molecule has 0 bridgehead atoms. The first-order chi connectivity index (χ1) is 6.70. The molecule has 2 N–H and O–H groups in total. The van der Waals surface area contributed by atoms with Gasteiger partial charge < -0.3 is 5.73 Å². The van der Waals surface area contributed by atoms with Crippen LogP contribution in [-0.2, 0) is 13.0 Å². The standard InChI is InChI=1S/C10H16N4/c1-3-14-5-4-9-8(6-14)7(2)12-10(11)13-9/h3-6H2,1-2H3,(H2,11,12,13). The van der Waals surface area contributed by atoms with Crippen molar-refractivity contribution < 1.29 is 0 Å². The lowest BCUT2D eigenvalue weighted by Gasteiger charge is -2.27. The van der Waals surface area contributed by atoms with Gasteiger partial charge in [-0.1, -0.05) is 6.92 Å². The summed E-state index contributed by atoms with van der Waals surface area (Å²) in [7, 11) is 0. The third-order valence-corrected chi connectivity index (χ3v) is 2.81. The number of hydrogen-bond donors (Lipinski definition) is 1. The van der Waals surface area contributed by atoms with Crippen LogP contribution in [0, 0.1) is 6.92 Å². The first kappa shape index (κ1) is 9.40. The van der Waals surface area contributed by atoms with E-state index in [1.807, 2.05) is 6.92 Å². The van der Waals surface area contributed by atoms with Crippen LogP contribution < -0.4 is 5.73 Å². The summed E-state index contributed by atoms with van der Waals surface area (Å²) in [6, 6.07) is 0. The predicted molar refractivity (Wildman–Crippen MR) is 55.8 cm³/mol. The Balaban J connectivity index is 2.37. The van der Waals surface area contributed by atoms with Crippen molar-refractivity contribution in [3.05, 3.63) is 17.0 Å². The second kappa shape index (κ2) is 3.53. The van der Waals surface area contributed by atoms with Crippen molar-refractivity contribution in [1.82, 2.24) is 14.9 Å². The summed E-state index contributed by atoms with van der Waals surface area (Å²) >= 11 is 0. The van der Waals surface area contributed by atoms with E-state index in [-0.39, 0.29) is 0 Å². The molecule has 1 aromatic rings. The fraction of sp³-hybridized carbons (Fsp3) is 0.600. The molecule has 0 fully saturated rings. The molecule has 0 amide bonds. The molecule has 0 unspecified atom stereocenters. The molecule has 1 aromatic heterocycles. The maximum atomic E-state index is 5.61. The molecule has 0 spiro atoms. The van der Waals surface area contributed by atoms with Crippen LogP contribution in [0.2, 0.25) is 0 Å². The second-order valence-electron chi connectivity index (χ2n) is 3.71. The smallest absolute Gasteiger partial charge is 0.220 e. The third-order valence-electron chi connectivity index (χ3n) is 2.81. The van der Waals surface area contributed by atoms with Gasteiger partial charge in [-0.3, -0.25) is 4.90 Å². The lowest BCUT2D eigenvalue weighted by molar-refractivity contribution is 0.264. The SMILES string of the molecule is CCN1CCc2nc(N)nc(C)c2C1. The van der Waals surface area contributed by atoms with Gasteiger partial charge in [0.25, 0.3) is 0 Å². The quantitative estimate of drug-likeness (QED) is 0.713. The maximum Gasteiger partial charge on any atom is 0.220 e. The van der Waals surface area contributed by atoms with Gasteiger partial charge in [0.2, 0.25) is 5.95 Å². The zero-order chi connectivity index (χ0) is 10.1. The summed E-state index contributed by atoms with van der Waals surface area (Å²) in [5.74, 6) is 0.409. The first-order valence-electron chi connectivity index (χ1n) is 5.05. The summed E-state index contributed by atoms with van der Waals surface area (Å²) in [5, 5.41) is 0. The summed E-state index contributed by atoms with van der Waals surface area (Å²) in [5.41, 5.74) is 9.06. The third kappa shape index (κ3) is 1.57. The van der Waals surface area contributed by atoms with Crippen molar-refractivity contribution in [3.8, 4) is 0 Å². The van der Waals surface area contributed by atoms with Gasteiger partial charge in [0.05, 0.1) is 5.69 Å². The summed E-state index contributed by atoms with van der Waals surface area (Å²) < 4.78 is 0.